The summed E-state index contributed by atoms with van der Waals surface area (Å²) in [5.41, 5.74) is -1.08. The Morgan fingerprint density at radius 3 is 2.36 bits per heavy atom. The average Bonchev–Trinajstić information content (AvgIpc) is 3.55. The number of hydrogen-bond acceptors (Lipinski definition) is 9. The third kappa shape index (κ3) is 3.40. The topological polar surface area (TPSA) is 146 Å². The SMILES string of the molecule is CCC1(C(=O)Oc2c3c4oc2c(C(=O)Oc2ccc(S(=O)(=O)O)cc2)c4C(=O)O3)CC2CCC(C2)C1. The molecule has 2 unspecified atom stereocenters. The zero-order chi connectivity index (χ0) is 25.4. The zero-order valence-electron chi connectivity index (χ0n) is 19.2. The number of hydrogen-bond donors (Lipinski definition) is 1. The van der Waals surface area contributed by atoms with E-state index in [0.29, 0.717) is 18.3 Å². The Balaban J connectivity index is 1.30. The van der Waals surface area contributed by atoms with E-state index >= 15 is 0 Å². The molecule has 0 radical (unpaired) electrons. The van der Waals surface area contributed by atoms with Crippen LogP contribution in [0.3, 0.4) is 0 Å². The van der Waals surface area contributed by atoms with Crippen LogP contribution in [0.5, 0.6) is 17.2 Å². The van der Waals surface area contributed by atoms with Crippen molar-refractivity contribution in [2.24, 2.45) is 17.3 Å². The molecule has 2 aliphatic carbocycles. The van der Waals surface area contributed by atoms with Crippen LogP contribution in [0.15, 0.2) is 33.6 Å². The van der Waals surface area contributed by atoms with Gasteiger partial charge in [-0.2, -0.15) is 8.42 Å². The van der Waals surface area contributed by atoms with Gasteiger partial charge in [0.1, 0.15) is 16.9 Å². The molecule has 1 aromatic carbocycles. The van der Waals surface area contributed by atoms with Gasteiger partial charge in [-0.1, -0.05) is 19.8 Å². The first kappa shape index (κ1) is 23.0. The van der Waals surface area contributed by atoms with Gasteiger partial charge >= 0.3 is 17.9 Å². The summed E-state index contributed by atoms with van der Waals surface area (Å²) in [5.74, 6) is -1.41. The summed E-state index contributed by atoms with van der Waals surface area (Å²) in [6, 6.07) is 4.47. The van der Waals surface area contributed by atoms with Gasteiger partial charge in [-0.3, -0.25) is 9.35 Å². The molecular weight excluding hydrogens is 492 g/mol. The number of carbonyl (C=O) groups is 3. The van der Waals surface area contributed by atoms with Gasteiger partial charge in [0, 0.05) is 0 Å². The van der Waals surface area contributed by atoms with Crippen molar-refractivity contribution in [2.45, 2.75) is 50.3 Å². The van der Waals surface area contributed by atoms with Crippen molar-refractivity contribution < 1.29 is 46.0 Å². The third-order valence-corrected chi connectivity index (χ3v) is 8.64. The van der Waals surface area contributed by atoms with Gasteiger partial charge in [0.2, 0.25) is 11.5 Å². The fraction of sp³-hybridized carbons (Fsp3) is 0.400. The molecule has 2 aromatic heterocycles. The number of esters is 3. The number of fused-ring (bicyclic) bond motifs is 3. The molecule has 3 heterocycles. The fourth-order valence-electron chi connectivity index (χ4n) is 6.05. The Labute approximate surface area is 205 Å². The molecule has 2 fully saturated rings. The Kier molecular flexibility index (Phi) is 4.97. The Morgan fingerprint density at radius 1 is 1.08 bits per heavy atom. The lowest BCUT2D eigenvalue weighted by Gasteiger charge is -2.37. The number of ether oxygens (including phenoxy) is 3. The van der Waals surface area contributed by atoms with Gasteiger partial charge in [-0.15, -0.1) is 0 Å². The van der Waals surface area contributed by atoms with E-state index in [1.54, 1.807) is 0 Å². The highest BCUT2D eigenvalue weighted by Gasteiger charge is 2.50. The molecule has 10 nitrogen and oxygen atoms in total. The van der Waals surface area contributed by atoms with E-state index < -0.39 is 33.4 Å². The van der Waals surface area contributed by atoms with Crippen LogP contribution in [0.1, 0.15) is 66.2 Å². The molecule has 188 valence electrons. The minimum absolute atomic E-state index is 0.0146. The van der Waals surface area contributed by atoms with Crippen molar-refractivity contribution in [3.05, 3.63) is 35.4 Å². The zero-order valence-corrected chi connectivity index (χ0v) is 20.1. The van der Waals surface area contributed by atoms with Crippen LogP contribution in [-0.2, 0) is 14.9 Å². The van der Waals surface area contributed by atoms with Crippen molar-refractivity contribution >= 4 is 39.2 Å². The maximum Gasteiger partial charge on any atom is 0.348 e. The second kappa shape index (κ2) is 7.78. The van der Waals surface area contributed by atoms with Crippen LogP contribution < -0.4 is 14.2 Å². The second-order valence-corrected chi connectivity index (χ2v) is 11.3. The quantitative estimate of drug-likeness (QED) is 0.285. The molecule has 2 saturated carbocycles. The highest BCUT2D eigenvalue weighted by Crippen LogP contribution is 2.55. The summed E-state index contributed by atoms with van der Waals surface area (Å²) in [6.07, 6.45) is 5.44. The fourth-order valence-corrected chi connectivity index (χ4v) is 6.53. The molecule has 0 spiro atoms. The Hall–Kier alpha value is -3.44. The monoisotopic (exact) mass is 514 g/mol. The lowest BCUT2D eigenvalue weighted by atomic mass is 9.67. The van der Waals surface area contributed by atoms with Gasteiger partial charge in [0.05, 0.1) is 10.3 Å². The normalized spacial score (nSPS) is 24.8. The first-order valence-electron chi connectivity index (χ1n) is 11.8. The number of rotatable bonds is 6. The van der Waals surface area contributed by atoms with Crippen LogP contribution in [0, 0.1) is 17.3 Å². The molecule has 6 rings (SSSR count). The number of carbonyl (C=O) groups excluding carboxylic acids is 3. The highest BCUT2D eigenvalue weighted by atomic mass is 32.2. The van der Waals surface area contributed by atoms with E-state index in [2.05, 4.69) is 0 Å². The average molecular weight is 515 g/mol. The van der Waals surface area contributed by atoms with E-state index in [1.807, 2.05) is 6.92 Å². The molecule has 2 atom stereocenters. The summed E-state index contributed by atoms with van der Waals surface area (Å²) in [6.45, 7) is 1.97. The van der Waals surface area contributed by atoms with E-state index in [1.165, 1.54) is 12.1 Å². The molecule has 3 aromatic rings. The van der Waals surface area contributed by atoms with E-state index in [-0.39, 0.29) is 44.4 Å². The number of benzene rings is 2. The minimum atomic E-state index is -4.42. The first-order valence-corrected chi connectivity index (χ1v) is 13.2. The smallest absolute Gasteiger partial charge is 0.348 e. The van der Waals surface area contributed by atoms with E-state index in [0.717, 1.165) is 44.2 Å². The Morgan fingerprint density at radius 2 is 1.75 bits per heavy atom. The van der Waals surface area contributed by atoms with Gasteiger partial charge in [0.15, 0.2) is 11.2 Å². The van der Waals surface area contributed by atoms with Gasteiger partial charge in [0.25, 0.3) is 10.1 Å². The third-order valence-electron chi connectivity index (χ3n) is 7.78. The van der Waals surface area contributed by atoms with Crippen LogP contribution >= 0.6 is 0 Å². The lowest BCUT2D eigenvalue weighted by Crippen LogP contribution is -2.39. The standard InChI is InChI=1S/C25H22O10S/c1-2-25(10-12-3-4-13(9-12)11-25)24(28)35-21-19-16(17-18(33-19)20(21)34-23(17)27)22(26)32-14-5-7-15(8-6-14)36(29,30)31/h5-8,12-13H,2-4,9-11H2,1H3,(H,29,30,31). The molecule has 1 aliphatic heterocycles. The summed E-state index contributed by atoms with van der Waals surface area (Å²) >= 11 is 0. The number of furan rings is 2. The van der Waals surface area contributed by atoms with Crippen molar-refractivity contribution in [3.8, 4) is 17.2 Å². The van der Waals surface area contributed by atoms with Crippen molar-refractivity contribution in [2.75, 3.05) is 0 Å². The molecule has 36 heavy (non-hydrogen) atoms. The van der Waals surface area contributed by atoms with Crippen LogP contribution in [-0.4, -0.2) is 30.9 Å². The summed E-state index contributed by atoms with van der Waals surface area (Å²) < 4.78 is 53.6. The minimum Gasteiger partial charge on any atom is -0.447 e. The summed E-state index contributed by atoms with van der Waals surface area (Å²) in [4.78, 5) is 38.6. The molecule has 1 N–H and O–H groups in total. The van der Waals surface area contributed by atoms with Crippen molar-refractivity contribution in [1.29, 1.82) is 0 Å². The molecule has 3 aliphatic rings. The van der Waals surface area contributed by atoms with Gasteiger partial charge < -0.3 is 18.6 Å². The summed E-state index contributed by atoms with van der Waals surface area (Å²) in [7, 11) is -4.42. The van der Waals surface area contributed by atoms with Crippen molar-refractivity contribution in [3.63, 3.8) is 0 Å². The van der Waals surface area contributed by atoms with Crippen LogP contribution in [0.4, 0.5) is 0 Å². The van der Waals surface area contributed by atoms with Gasteiger partial charge in [-0.25, -0.2) is 9.59 Å². The van der Waals surface area contributed by atoms with E-state index in [9.17, 15) is 22.8 Å². The second-order valence-electron chi connectivity index (χ2n) is 9.87. The lowest BCUT2D eigenvalue weighted by molar-refractivity contribution is -0.149. The van der Waals surface area contributed by atoms with Crippen LogP contribution in [0.2, 0.25) is 0 Å². The predicted octanol–water partition coefficient (Wildman–Crippen LogP) is 4.38. The highest BCUT2D eigenvalue weighted by molar-refractivity contribution is 7.85. The maximum absolute atomic E-state index is 13.5. The molecule has 11 heteroatoms. The van der Waals surface area contributed by atoms with E-state index in [4.69, 9.17) is 23.2 Å². The van der Waals surface area contributed by atoms with Gasteiger partial charge in [-0.05, 0) is 61.8 Å². The van der Waals surface area contributed by atoms with Crippen molar-refractivity contribution in [1.82, 2.24) is 0 Å². The maximum atomic E-state index is 13.5. The molecule has 4 bridgehead atoms. The largest absolute Gasteiger partial charge is 0.447 e. The van der Waals surface area contributed by atoms with Crippen LogP contribution in [0.25, 0.3) is 11.2 Å². The first-order chi connectivity index (χ1) is 17.1. The molecule has 0 amide bonds. The Bertz CT molecular complexity index is 1500. The molecular formula is C25H22O10S. The summed E-state index contributed by atoms with van der Waals surface area (Å²) in [5, 5.41) is 0. The molecule has 0 saturated heterocycles. The predicted molar refractivity (Wildman–Crippen MR) is 122 cm³/mol.